The minimum atomic E-state index is -3.62. The fraction of sp³-hybridized carbons (Fsp3) is 0.269. The van der Waals surface area contributed by atoms with Crippen LogP contribution in [0.5, 0.6) is 5.75 Å². The van der Waals surface area contributed by atoms with Gasteiger partial charge in [0.15, 0.2) is 0 Å². The van der Waals surface area contributed by atoms with Gasteiger partial charge in [-0.2, -0.15) is 4.31 Å². The molecule has 1 amide bonds. The number of benzene rings is 3. The molecule has 1 saturated heterocycles. The van der Waals surface area contributed by atoms with Crippen molar-refractivity contribution in [3.05, 3.63) is 95.6 Å². The Hall–Kier alpha value is -3.16. The lowest BCUT2D eigenvalue weighted by Gasteiger charge is -2.26. The molecule has 1 aliphatic rings. The van der Waals surface area contributed by atoms with E-state index in [0.29, 0.717) is 18.7 Å². The molecular formula is C26H28N2O4S. The summed E-state index contributed by atoms with van der Waals surface area (Å²) in [5.74, 6) is 0.392. The maximum atomic E-state index is 13.2. The topological polar surface area (TPSA) is 75.7 Å². The minimum absolute atomic E-state index is 0.151. The van der Waals surface area contributed by atoms with E-state index in [2.05, 4.69) is 5.32 Å². The number of amides is 1. The zero-order chi connectivity index (χ0) is 23.3. The van der Waals surface area contributed by atoms with Crippen LogP contribution in [0.4, 0.5) is 0 Å². The summed E-state index contributed by atoms with van der Waals surface area (Å²) in [6, 6.07) is 23.1. The van der Waals surface area contributed by atoms with Crippen LogP contribution >= 0.6 is 0 Å². The van der Waals surface area contributed by atoms with Crippen molar-refractivity contribution in [2.45, 2.75) is 30.2 Å². The highest BCUT2D eigenvalue weighted by Gasteiger charge is 2.27. The van der Waals surface area contributed by atoms with Gasteiger partial charge in [0.25, 0.3) is 5.91 Å². The number of nitrogens with one attached hydrogen (secondary N) is 1. The van der Waals surface area contributed by atoms with Crippen LogP contribution in [0.3, 0.4) is 0 Å². The third-order valence-electron chi connectivity index (χ3n) is 5.91. The Morgan fingerprint density at radius 2 is 1.55 bits per heavy atom. The zero-order valence-electron chi connectivity index (χ0n) is 18.6. The Kier molecular flexibility index (Phi) is 7.11. The van der Waals surface area contributed by atoms with Crippen molar-refractivity contribution in [1.82, 2.24) is 9.62 Å². The highest BCUT2D eigenvalue weighted by atomic mass is 32.2. The van der Waals surface area contributed by atoms with Gasteiger partial charge in [-0.05, 0) is 54.3 Å². The summed E-state index contributed by atoms with van der Waals surface area (Å²) in [6.07, 6.45) is 2.76. The molecule has 172 valence electrons. The molecule has 33 heavy (non-hydrogen) atoms. The summed E-state index contributed by atoms with van der Waals surface area (Å²) in [5.41, 5.74) is 2.13. The molecule has 1 fully saturated rings. The number of hydrogen-bond donors (Lipinski definition) is 1. The van der Waals surface area contributed by atoms with Gasteiger partial charge in [0, 0.05) is 18.7 Å². The second-order valence-electron chi connectivity index (χ2n) is 8.08. The SMILES string of the molecule is COc1ccc(C(NC(=O)c2cccc(S(=O)(=O)N3CCCCC3)c2)c2ccccc2)cc1. The Morgan fingerprint density at radius 1 is 0.879 bits per heavy atom. The first-order valence-electron chi connectivity index (χ1n) is 11.1. The standard InChI is InChI=1S/C26H28N2O4S/c1-32-23-15-13-21(14-16-23)25(20-9-4-2-5-10-20)27-26(29)22-11-8-12-24(19-22)33(30,31)28-17-6-3-7-18-28/h2,4-5,8-16,19,25H,3,6-7,17-18H2,1H3,(H,27,29). The summed E-state index contributed by atoms with van der Waals surface area (Å²) < 4.78 is 32.9. The molecule has 0 radical (unpaired) electrons. The lowest BCUT2D eigenvalue weighted by molar-refractivity contribution is 0.0942. The van der Waals surface area contributed by atoms with Crippen LogP contribution in [0.25, 0.3) is 0 Å². The summed E-state index contributed by atoms with van der Waals surface area (Å²) in [7, 11) is -2.01. The number of carbonyl (C=O) groups excluding carboxylic acids is 1. The molecule has 0 spiro atoms. The van der Waals surface area contributed by atoms with E-state index in [4.69, 9.17) is 4.74 Å². The summed E-state index contributed by atoms with van der Waals surface area (Å²) in [4.78, 5) is 13.4. The highest BCUT2D eigenvalue weighted by molar-refractivity contribution is 7.89. The molecule has 6 nitrogen and oxygen atoms in total. The molecule has 7 heteroatoms. The number of nitrogens with zero attached hydrogens (tertiary/aromatic N) is 1. The third kappa shape index (κ3) is 5.26. The molecule has 3 aromatic carbocycles. The molecule has 0 aromatic heterocycles. The molecule has 4 rings (SSSR count). The Morgan fingerprint density at radius 3 is 2.21 bits per heavy atom. The number of sulfonamides is 1. The van der Waals surface area contributed by atoms with Crippen molar-refractivity contribution in [3.63, 3.8) is 0 Å². The third-order valence-corrected chi connectivity index (χ3v) is 7.80. The lowest BCUT2D eigenvalue weighted by atomic mass is 9.98. The van der Waals surface area contributed by atoms with Gasteiger partial charge in [0.05, 0.1) is 18.0 Å². The van der Waals surface area contributed by atoms with Crippen LogP contribution in [0, 0.1) is 0 Å². The Labute approximate surface area is 195 Å². The average molecular weight is 465 g/mol. The van der Waals surface area contributed by atoms with Crippen molar-refractivity contribution in [2.75, 3.05) is 20.2 Å². The monoisotopic (exact) mass is 464 g/mol. The number of rotatable bonds is 7. The van der Waals surface area contributed by atoms with Crippen molar-refractivity contribution in [3.8, 4) is 5.75 Å². The van der Waals surface area contributed by atoms with E-state index < -0.39 is 16.1 Å². The first-order valence-corrected chi connectivity index (χ1v) is 12.5. The van der Waals surface area contributed by atoms with Gasteiger partial charge in [-0.15, -0.1) is 0 Å². The van der Waals surface area contributed by atoms with Gasteiger partial charge < -0.3 is 10.1 Å². The second kappa shape index (κ2) is 10.2. The molecule has 1 heterocycles. The largest absolute Gasteiger partial charge is 0.497 e. The minimum Gasteiger partial charge on any atom is -0.497 e. The summed E-state index contributed by atoms with van der Waals surface area (Å²) >= 11 is 0. The Balaban J connectivity index is 1.61. The normalized spacial score (nSPS) is 15.5. The average Bonchev–Trinajstić information content (AvgIpc) is 2.88. The van der Waals surface area contributed by atoms with E-state index in [1.54, 1.807) is 25.3 Å². The van der Waals surface area contributed by atoms with Crippen molar-refractivity contribution >= 4 is 15.9 Å². The second-order valence-corrected chi connectivity index (χ2v) is 10.0. The van der Waals surface area contributed by atoms with Gasteiger partial charge >= 0.3 is 0 Å². The molecule has 0 saturated carbocycles. The zero-order valence-corrected chi connectivity index (χ0v) is 19.4. The molecule has 1 N–H and O–H groups in total. The molecule has 1 unspecified atom stereocenters. The Bertz CT molecular complexity index is 1190. The van der Waals surface area contributed by atoms with E-state index in [0.717, 1.165) is 36.1 Å². The molecular weight excluding hydrogens is 436 g/mol. The van der Waals surface area contributed by atoms with Crippen molar-refractivity contribution in [2.24, 2.45) is 0 Å². The van der Waals surface area contributed by atoms with Crippen LogP contribution in [0.2, 0.25) is 0 Å². The van der Waals surface area contributed by atoms with E-state index >= 15 is 0 Å². The number of methoxy groups -OCH3 is 1. The smallest absolute Gasteiger partial charge is 0.252 e. The number of piperidine rings is 1. The molecule has 1 atom stereocenters. The van der Waals surface area contributed by atoms with Crippen LogP contribution in [0.1, 0.15) is 46.8 Å². The van der Waals surface area contributed by atoms with Crippen LogP contribution in [-0.4, -0.2) is 38.8 Å². The number of ether oxygens (including phenoxy) is 1. The highest BCUT2D eigenvalue weighted by Crippen LogP contribution is 2.26. The molecule has 3 aromatic rings. The van der Waals surface area contributed by atoms with Gasteiger partial charge in [0.1, 0.15) is 5.75 Å². The fourth-order valence-corrected chi connectivity index (χ4v) is 5.63. The van der Waals surface area contributed by atoms with Crippen LogP contribution < -0.4 is 10.1 Å². The maximum Gasteiger partial charge on any atom is 0.252 e. The summed E-state index contributed by atoms with van der Waals surface area (Å²) in [5, 5.41) is 3.07. The first kappa shape index (κ1) is 23.0. The predicted octanol–water partition coefficient (Wildman–Crippen LogP) is 4.39. The molecule has 0 bridgehead atoms. The summed E-state index contributed by atoms with van der Waals surface area (Å²) in [6.45, 7) is 1.04. The van der Waals surface area contributed by atoms with E-state index in [1.807, 2.05) is 54.6 Å². The van der Waals surface area contributed by atoms with E-state index in [1.165, 1.54) is 10.4 Å². The lowest BCUT2D eigenvalue weighted by Crippen LogP contribution is -2.35. The van der Waals surface area contributed by atoms with Crippen LogP contribution in [-0.2, 0) is 10.0 Å². The van der Waals surface area contributed by atoms with E-state index in [-0.39, 0.29) is 10.8 Å². The number of carbonyl (C=O) groups is 1. The van der Waals surface area contributed by atoms with Crippen molar-refractivity contribution < 1.29 is 17.9 Å². The quantitative estimate of drug-likeness (QED) is 0.563. The van der Waals surface area contributed by atoms with Gasteiger partial charge in [0.2, 0.25) is 10.0 Å². The van der Waals surface area contributed by atoms with Gasteiger partial charge in [-0.1, -0.05) is 55.0 Å². The first-order chi connectivity index (χ1) is 16.0. The molecule has 1 aliphatic heterocycles. The predicted molar refractivity (Wildman–Crippen MR) is 128 cm³/mol. The molecule has 0 aliphatic carbocycles. The van der Waals surface area contributed by atoms with E-state index in [9.17, 15) is 13.2 Å². The number of hydrogen-bond acceptors (Lipinski definition) is 4. The van der Waals surface area contributed by atoms with Crippen LogP contribution in [0.15, 0.2) is 83.8 Å². The van der Waals surface area contributed by atoms with Gasteiger partial charge in [-0.25, -0.2) is 8.42 Å². The fourth-order valence-electron chi connectivity index (χ4n) is 4.07. The maximum absolute atomic E-state index is 13.2. The van der Waals surface area contributed by atoms with Crippen molar-refractivity contribution in [1.29, 1.82) is 0 Å². The van der Waals surface area contributed by atoms with Gasteiger partial charge in [-0.3, -0.25) is 4.79 Å².